The lowest BCUT2D eigenvalue weighted by atomic mass is 9.79. The van der Waals surface area contributed by atoms with Gasteiger partial charge in [0.2, 0.25) is 6.79 Å². The monoisotopic (exact) mass is 386 g/mol. The van der Waals surface area contributed by atoms with Crippen molar-refractivity contribution in [1.82, 2.24) is 5.32 Å². The van der Waals surface area contributed by atoms with Crippen LogP contribution in [-0.4, -0.2) is 65.5 Å². The molecule has 0 bridgehead atoms. The minimum Gasteiger partial charge on any atom is -0.453 e. The van der Waals surface area contributed by atoms with E-state index in [4.69, 9.17) is 9.47 Å². The largest absolute Gasteiger partial charge is 0.453 e. The van der Waals surface area contributed by atoms with Crippen molar-refractivity contribution < 1.29 is 29.6 Å². The van der Waals surface area contributed by atoms with Crippen molar-refractivity contribution in [2.24, 2.45) is 0 Å². The third-order valence-corrected chi connectivity index (χ3v) is 5.20. The molecule has 8 nitrogen and oxygen atoms in total. The minimum absolute atomic E-state index is 0.0231. The van der Waals surface area contributed by atoms with E-state index < -0.39 is 30.3 Å². The van der Waals surface area contributed by atoms with Gasteiger partial charge in [0.25, 0.3) is 5.91 Å². The van der Waals surface area contributed by atoms with E-state index >= 15 is 0 Å². The molecule has 1 aromatic carbocycles. The summed E-state index contributed by atoms with van der Waals surface area (Å²) in [6.07, 6.45) is 0.893. The molecule has 0 spiro atoms. The number of nitrogens with one attached hydrogen (secondary N) is 1. The van der Waals surface area contributed by atoms with Crippen LogP contribution in [0, 0.1) is 0 Å². The third kappa shape index (κ3) is 2.69. The first kappa shape index (κ1) is 18.5. The van der Waals surface area contributed by atoms with E-state index in [0.29, 0.717) is 47.0 Å². The summed E-state index contributed by atoms with van der Waals surface area (Å²) in [5.41, 5.74) is 1.94. The molecule has 0 saturated carbocycles. The fourth-order valence-corrected chi connectivity index (χ4v) is 3.96. The summed E-state index contributed by atoms with van der Waals surface area (Å²) in [6.45, 7) is 8.45. The van der Waals surface area contributed by atoms with Crippen molar-refractivity contribution in [1.29, 1.82) is 0 Å². The van der Waals surface area contributed by atoms with Gasteiger partial charge in [0.1, 0.15) is 18.3 Å². The standard InChI is InChI=1S/C20H22N2O6/c1-3-5-22(6-4-2)16-14-10(8-13-19(16)28-9-27-13)11-7-12(23)17(24)18(25)15(11)21-20(14)26/h3-4,7-8,12,15,17-18,23-25H,1-2,5-6,9H2,(H,21,26)/t12-,15+,17+,18-/m0/s1. The number of amides is 1. The first-order chi connectivity index (χ1) is 13.5. The van der Waals surface area contributed by atoms with Crippen molar-refractivity contribution in [2.75, 3.05) is 24.8 Å². The van der Waals surface area contributed by atoms with Crippen LogP contribution in [0.3, 0.4) is 0 Å². The number of anilines is 1. The number of ether oxygens (including phenoxy) is 2. The molecule has 1 amide bonds. The smallest absolute Gasteiger partial charge is 0.254 e. The van der Waals surface area contributed by atoms with Crippen LogP contribution in [0.1, 0.15) is 15.9 Å². The van der Waals surface area contributed by atoms with Gasteiger partial charge in [-0.15, -0.1) is 13.2 Å². The lowest BCUT2D eigenvalue weighted by Gasteiger charge is -2.40. The van der Waals surface area contributed by atoms with Crippen LogP contribution in [-0.2, 0) is 0 Å². The fraction of sp³-hybridized carbons (Fsp3) is 0.350. The molecule has 0 saturated heterocycles. The van der Waals surface area contributed by atoms with E-state index in [1.165, 1.54) is 6.08 Å². The van der Waals surface area contributed by atoms with Crippen LogP contribution < -0.4 is 19.7 Å². The van der Waals surface area contributed by atoms with E-state index in [1.807, 2.05) is 4.90 Å². The Morgan fingerprint density at radius 2 is 1.89 bits per heavy atom. The Morgan fingerprint density at radius 3 is 2.57 bits per heavy atom. The van der Waals surface area contributed by atoms with Crippen molar-refractivity contribution in [3.05, 3.63) is 48.6 Å². The molecule has 0 unspecified atom stereocenters. The highest BCUT2D eigenvalue weighted by molar-refractivity contribution is 6.10. The summed E-state index contributed by atoms with van der Waals surface area (Å²) in [4.78, 5) is 14.9. The van der Waals surface area contributed by atoms with Gasteiger partial charge >= 0.3 is 0 Å². The lowest BCUT2D eigenvalue weighted by molar-refractivity contribution is -0.0534. The summed E-state index contributed by atoms with van der Waals surface area (Å²) >= 11 is 0. The van der Waals surface area contributed by atoms with Gasteiger partial charge in [-0.3, -0.25) is 4.79 Å². The zero-order valence-electron chi connectivity index (χ0n) is 15.2. The maximum atomic E-state index is 13.0. The second kappa shape index (κ2) is 6.97. The van der Waals surface area contributed by atoms with Gasteiger partial charge < -0.3 is 35.0 Å². The predicted molar refractivity (Wildman–Crippen MR) is 102 cm³/mol. The summed E-state index contributed by atoms with van der Waals surface area (Å²) in [5, 5.41) is 33.2. The van der Waals surface area contributed by atoms with E-state index in [-0.39, 0.29) is 6.79 Å². The van der Waals surface area contributed by atoms with Crippen LogP contribution in [0.2, 0.25) is 0 Å². The minimum atomic E-state index is -1.39. The highest BCUT2D eigenvalue weighted by atomic mass is 16.7. The van der Waals surface area contributed by atoms with Gasteiger partial charge in [0, 0.05) is 13.1 Å². The number of hydrogen-bond acceptors (Lipinski definition) is 7. The van der Waals surface area contributed by atoms with E-state index in [2.05, 4.69) is 18.5 Å². The SMILES string of the molecule is C=CCN(CC=C)c1c2c(cc3c1C(=O)N[C@@H]1C3=C[C@H](O)[C@@H](O)[C@H]1O)OCO2. The Kier molecular flexibility index (Phi) is 4.62. The van der Waals surface area contributed by atoms with Crippen molar-refractivity contribution in [3.63, 3.8) is 0 Å². The molecule has 28 heavy (non-hydrogen) atoms. The zero-order chi connectivity index (χ0) is 20.0. The molecule has 0 radical (unpaired) electrons. The molecule has 1 aliphatic carbocycles. The Balaban J connectivity index is 1.96. The topological polar surface area (TPSA) is 111 Å². The summed E-state index contributed by atoms with van der Waals surface area (Å²) < 4.78 is 11.2. The second-order valence-corrected chi connectivity index (χ2v) is 6.91. The Bertz CT molecular complexity index is 870. The van der Waals surface area contributed by atoms with Gasteiger partial charge in [-0.25, -0.2) is 0 Å². The van der Waals surface area contributed by atoms with Crippen LogP contribution in [0.25, 0.3) is 5.57 Å². The molecular weight excluding hydrogens is 364 g/mol. The quantitative estimate of drug-likeness (QED) is 0.535. The van der Waals surface area contributed by atoms with Gasteiger partial charge in [-0.1, -0.05) is 12.2 Å². The van der Waals surface area contributed by atoms with Gasteiger partial charge in [-0.05, 0) is 23.3 Å². The van der Waals surface area contributed by atoms with E-state index in [1.54, 1.807) is 18.2 Å². The maximum absolute atomic E-state index is 13.0. The highest BCUT2D eigenvalue weighted by Gasteiger charge is 2.45. The number of hydrogen-bond donors (Lipinski definition) is 4. The molecule has 4 atom stereocenters. The Morgan fingerprint density at radius 1 is 1.18 bits per heavy atom. The summed E-state index contributed by atoms with van der Waals surface area (Å²) in [7, 11) is 0. The average Bonchev–Trinajstić information content (AvgIpc) is 3.14. The number of benzene rings is 1. The van der Waals surface area contributed by atoms with Crippen LogP contribution in [0.5, 0.6) is 11.5 Å². The number of aliphatic hydroxyl groups excluding tert-OH is 3. The van der Waals surface area contributed by atoms with Crippen LogP contribution in [0.4, 0.5) is 5.69 Å². The molecule has 2 aliphatic heterocycles. The Hall–Kier alpha value is -2.81. The Labute approximate surface area is 162 Å². The van der Waals surface area contributed by atoms with Crippen molar-refractivity contribution >= 4 is 17.2 Å². The van der Waals surface area contributed by atoms with Gasteiger partial charge in [-0.2, -0.15) is 0 Å². The molecule has 0 aromatic heterocycles. The number of carbonyl (C=O) groups excluding carboxylic acids is 1. The average molecular weight is 386 g/mol. The molecule has 8 heteroatoms. The van der Waals surface area contributed by atoms with Crippen molar-refractivity contribution in [3.8, 4) is 11.5 Å². The summed E-state index contributed by atoms with van der Waals surface area (Å²) in [6, 6.07) is 0.842. The van der Waals surface area contributed by atoms with E-state index in [0.717, 1.165) is 0 Å². The molecule has 2 heterocycles. The summed E-state index contributed by atoms with van der Waals surface area (Å²) in [5.74, 6) is 0.510. The zero-order valence-corrected chi connectivity index (χ0v) is 15.2. The molecule has 0 fully saturated rings. The molecule has 4 N–H and O–H groups in total. The normalized spacial score (nSPS) is 27.2. The number of fused-ring (bicyclic) bond motifs is 4. The van der Waals surface area contributed by atoms with E-state index in [9.17, 15) is 20.1 Å². The predicted octanol–water partition coefficient (Wildman–Crippen LogP) is 0.185. The number of nitrogens with zero attached hydrogens (tertiary/aromatic N) is 1. The fourth-order valence-electron chi connectivity index (χ4n) is 3.96. The van der Waals surface area contributed by atoms with Crippen molar-refractivity contribution in [2.45, 2.75) is 24.4 Å². The molecule has 148 valence electrons. The second-order valence-electron chi connectivity index (χ2n) is 6.91. The molecular formula is C20H22N2O6. The van der Waals surface area contributed by atoms with Gasteiger partial charge in [0.05, 0.1) is 17.3 Å². The van der Waals surface area contributed by atoms with Gasteiger partial charge in [0.15, 0.2) is 11.5 Å². The lowest BCUT2D eigenvalue weighted by Crippen LogP contribution is -2.57. The first-order valence-electron chi connectivity index (χ1n) is 8.98. The third-order valence-electron chi connectivity index (χ3n) is 5.20. The number of aliphatic hydroxyl groups is 3. The number of carbonyl (C=O) groups is 1. The molecule has 4 rings (SSSR count). The first-order valence-corrected chi connectivity index (χ1v) is 8.98. The van der Waals surface area contributed by atoms with Crippen LogP contribution in [0.15, 0.2) is 37.5 Å². The van der Waals surface area contributed by atoms with Crippen LogP contribution >= 0.6 is 0 Å². The molecule has 3 aliphatic rings. The maximum Gasteiger partial charge on any atom is 0.254 e. The number of rotatable bonds is 5. The molecule has 1 aromatic rings. The highest BCUT2D eigenvalue weighted by Crippen LogP contribution is 2.49.